The van der Waals surface area contributed by atoms with Crippen LogP contribution in [-0.4, -0.2) is 42.6 Å². The molecule has 10 heteroatoms. The van der Waals surface area contributed by atoms with E-state index in [1.165, 1.54) is 18.3 Å². The van der Waals surface area contributed by atoms with E-state index >= 15 is 0 Å². The number of hydrogen-bond acceptors (Lipinski definition) is 4. The predicted octanol–water partition coefficient (Wildman–Crippen LogP) is 4.39. The first-order valence-electron chi connectivity index (χ1n) is 9.18. The van der Waals surface area contributed by atoms with Crippen LogP contribution in [0.5, 0.6) is 5.75 Å². The van der Waals surface area contributed by atoms with E-state index in [0.717, 1.165) is 0 Å². The Bertz CT molecular complexity index is 861. The molecule has 29 heavy (non-hydrogen) atoms. The van der Waals surface area contributed by atoms with Crippen LogP contribution in [0.25, 0.3) is 10.9 Å². The monoisotopic (exact) mass is 433 g/mol. The van der Waals surface area contributed by atoms with E-state index in [-0.39, 0.29) is 35.3 Å². The normalized spacial score (nSPS) is 19.7. The van der Waals surface area contributed by atoms with Gasteiger partial charge in [0.15, 0.2) is 0 Å². The van der Waals surface area contributed by atoms with Crippen LogP contribution in [0.15, 0.2) is 24.4 Å². The molecule has 0 bridgehead atoms. The third kappa shape index (κ3) is 5.93. The fourth-order valence-corrected chi connectivity index (χ4v) is 3.62. The van der Waals surface area contributed by atoms with E-state index in [9.17, 15) is 22.4 Å². The van der Waals surface area contributed by atoms with Gasteiger partial charge >= 0.3 is 6.61 Å². The smallest absolute Gasteiger partial charge is 0.387 e. The summed E-state index contributed by atoms with van der Waals surface area (Å²) in [7, 11) is 0. The van der Waals surface area contributed by atoms with Gasteiger partial charge in [0.2, 0.25) is 0 Å². The first-order valence-corrected chi connectivity index (χ1v) is 9.56. The van der Waals surface area contributed by atoms with Crippen LogP contribution in [0.3, 0.4) is 0 Å². The molecule has 0 unspecified atom stereocenters. The molecule has 2 N–H and O–H groups in total. The highest BCUT2D eigenvalue weighted by Crippen LogP contribution is 2.31. The van der Waals surface area contributed by atoms with Crippen LogP contribution in [-0.2, 0) is 0 Å². The SMILES string of the molecule is O=C(NC1CCC(NCC(F)F)CC1)c1cnc2cc(OC(F)F)c(Cl)cc2c1. The van der Waals surface area contributed by atoms with Gasteiger partial charge in [-0.15, -0.1) is 0 Å². The average Bonchev–Trinajstić information content (AvgIpc) is 2.67. The first-order chi connectivity index (χ1) is 13.8. The van der Waals surface area contributed by atoms with Crippen molar-refractivity contribution in [3.05, 3.63) is 35.0 Å². The van der Waals surface area contributed by atoms with Crippen molar-refractivity contribution in [3.8, 4) is 5.75 Å². The Morgan fingerprint density at radius 1 is 1.14 bits per heavy atom. The average molecular weight is 434 g/mol. The molecule has 158 valence electrons. The summed E-state index contributed by atoms with van der Waals surface area (Å²) in [6.45, 7) is -3.33. The van der Waals surface area contributed by atoms with Gasteiger partial charge in [0.05, 0.1) is 22.6 Å². The molecular weight excluding hydrogens is 414 g/mol. The molecule has 0 radical (unpaired) electrons. The number of aromatic nitrogens is 1. The van der Waals surface area contributed by atoms with Crippen molar-refractivity contribution in [2.45, 2.75) is 50.8 Å². The van der Waals surface area contributed by atoms with Crippen molar-refractivity contribution in [2.24, 2.45) is 0 Å². The minimum Gasteiger partial charge on any atom is -0.433 e. The second-order valence-corrected chi connectivity index (χ2v) is 7.31. The van der Waals surface area contributed by atoms with Gasteiger partial charge in [-0.05, 0) is 37.8 Å². The van der Waals surface area contributed by atoms with Gasteiger partial charge in [-0.2, -0.15) is 8.78 Å². The van der Waals surface area contributed by atoms with Crippen LogP contribution in [0.2, 0.25) is 5.02 Å². The zero-order valence-electron chi connectivity index (χ0n) is 15.3. The number of ether oxygens (including phenoxy) is 1. The maximum Gasteiger partial charge on any atom is 0.387 e. The Kier molecular flexibility index (Phi) is 7.13. The van der Waals surface area contributed by atoms with E-state index in [2.05, 4.69) is 20.4 Å². The van der Waals surface area contributed by atoms with E-state index < -0.39 is 13.0 Å². The summed E-state index contributed by atoms with van der Waals surface area (Å²) in [5.74, 6) is -0.497. The van der Waals surface area contributed by atoms with Crippen LogP contribution in [0.4, 0.5) is 17.6 Å². The fraction of sp³-hybridized carbons (Fsp3) is 0.474. The number of fused-ring (bicyclic) bond motifs is 1. The second kappa shape index (κ2) is 9.58. The Morgan fingerprint density at radius 3 is 2.48 bits per heavy atom. The summed E-state index contributed by atoms with van der Waals surface area (Å²) < 4.78 is 53.7. The summed E-state index contributed by atoms with van der Waals surface area (Å²) in [5, 5.41) is 6.26. The first kappa shape index (κ1) is 21.6. The molecule has 5 nitrogen and oxygen atoms in total. The largest absolute Gasteiger partial charge is 0.433 e. The molecular formula is C19H20ClF4N3O2. The number of carbonyl (C=O) groups is 1. The minimum atomic E-state index is -3.00. The quantitative estimate of drug-likeness (QED) is 0.636. The summed E-state index contributed by atoms with van der Waals surface area (Å²) in [5.41, 5.74) is 0.682. The van der Waals surface area contributed by atoms with Crippen LogP contribution in [0.1, 0.15) is 36.0 Å². The molecule has 1 aliphatic rings. The third-order valence-electron chi connectivity index (χ3n) is 4.84. The molecule has 3 rings (SSSR count). The summed E-state index contributed by atoms with van der Waals surface area (Å²) >= 11 is 5.95. The highest BCUT2D eigenvalue weighted by molar-refractivity contribution is 6.32. The number of benzene rings is 1. The van der Waals surface area contributed by atoms with Crippen molar-refractivity contribution in [3.63, 3.8) is 0 Å². The van der Waals surface area contributed by atoms with Crippen LogP contribution in [0, 0.1) is 0 Å². The molecule has 0 spiro atoms. The standard InChI is InChI=1S/C19H20ClF4N3O2/c20-14-6-10-5-11(8-26-15(10)7-16(14)29-19(23)24)18(28)27-13-3-1-12(2-4-13)25-9-17(21)22/h5-8,12-13,17,19,25H,1-4,9H2,(H,27,28). The van der Waals surface area contributed by atoms with Gasteiger partial charge in [-0.25, -0.2) is 8.78 Å². The number of amides is 1. The Morgan fingerprint density at radius 2 is 1.83 bits per heavy atom. The Hall–Kier alpha value is -2.13. The van der Waals surface area contributed by atoms with Crippen molar-refractivity contribution in [1.29, 1.82) is 0 Å². The number of carbonyl (C=O) groups excluding carboxylic acids is 1. The number of nitrogens with zero attached hydrogens (tertiary/aromatic N) is 1. The van der Waals surface area contributed by atoms with E-state index in [0.29, 0.717) is 42.1 Å². The molecule has 1 aromatic heterocycles. The number of nitrogens with one attached hydrogen (secondary N) is 2. The molecule has 0 atom stereocenters. The molecule has 0 aliphatic heterocycles. The lowest BCUT2D eigenvalue weighted by Crippen LogP contribution is -2.43. The number of alkyl halides is 4. The Labute approximate surface area is 169 Å². The zero-order chi connectivity index (χ0) is 21.0. The maximum atomic E-state index is 12.5. The predicted molar refractivity (Wildman–Crippen MR) is 101 cm³/mol. The Balaban J connectivity index is 1.61. The number of hydrogen-bond donors (Lipinski definition) is 2. The zero-order valence-corrected chi connectivity index (χ0v) is 16.1. The van der Waals surface area contributed by atoms with E-state index in [4.69, 9.17) is 11.6 Å². The van der Waals surface area contributed by atoms with Crippen molar-refractivity contribution >= 4 is 28.4 Å². The molecule has 1 heterocycles. The lowest BCUT2D eigenvalue weighted by molar-refractivity contribution is -0.0497. The fourth-order valence-electron chi connectivity index (χ4n) is 3.41. The lowest BCUT2D eigenvalue weighted by atomic mass is 9.91. The van der Waals surface area contributed by atoms with Gasteiger partial charge in [0.25, 0.3) is 12.3 Å². The highest BCUT2D eigenvalue weighted by atomic mass is 35.5. The summed E-state index contributed by atoms with van der Waals surface area (Å²) in [6, 6.07) is 4.27. The number of pyridine rings is 1. The van der Waals surface area contributed by atoms with E-state index in [1.54, 1.807) is 6.07 Å². The summed E-state index contributed by atoms with van der Waals surface area (Å²) in [4.78, 5) is 16.7. The van der Waals surface area contributed by atoms with Gasteiger partial charge in [0.1, 0.15) is 5.75 Å². The minimum absolute atomic E-state index is 0.00761. The van der Waals surface area contributed by atoms with Gasteiger partial charge in [-0.3, -0.25) is 9.78 Å². The van der Waals surface area contributed by atoms with Gasteiger partial charge in [-0.1, -0.05) is 11.6 Å². The van der Waals surface area contributed by atoms with Crippen molar-refractivity contribution < 1.29 is 27.1 Å². The van der Waals surface area contributed by atoms with Crippen molar-refractivity contribution in [1.82, 2.24) is 15.6 Å². The molecule has 2 aromatic rings. The molecule has 1 fully saturated rings. The number of halogens is 5. The lowest BCUT2D eigenvalue weighted by Gasteiger charge is -2.29. The molecule has 1 amide bonds. The van der Waals surface area contributed by atoms with E-state index in [1.807, 2.05) is 0 Å². The topological polar surface area (TPSA) is 63.2 Å². The van der Waals surface area contributed by atoms with Crippen LogP contribution < -0.4 is 15.4 Å². The van der Waals surface area contributed by atoms with Gasteiger partial charge < -0.3 is 15.4 Å². The maximum absolute atomic E-state index is 12.5. The molecule has 1 saturated carbocycles. The molecule has 0 saturated heterocycles. The third-order valence-corrected chi connectivity index (χ3v) is 5.13. The molecule has 1 aliphatic carbocycles. The number of rotatable bonds is 7. The summed E-state index contributed by atoms with van der Waals surface area (Å²) in [6.07, 6.45) is 1.76. The molecule has 1 aromatic carbocycles. The van der Waals surface area contributed by atoms with Crippen LogP contribution >= 0.6 is 11.6 Å². The van der Waals surface area contributed by atoms with Gasteiger partial charge in [0, 0.05) is 29.7 Å². The highest BCUT2D eigenvalue weighted by Gasteiger charge is 2.23. The van der Waals surface area contributed by atoms with Crippen molar-refractivity contribution in [2.75, 3.05) is 6.54 Å². The second-order valence-electron chi connectivity index (χ2n) is 6.90.